The van der Waals surface area contributed by atoms with Crippen LogP contribution in [0.1, 0.15) is 5.56 Å². The highest BCUT2D eigenvalue weighted by molar-refractivity contribution is 6.30. The molecule has 2 N–H and O–H groups in total. The van der Waals surface area contributed by atoms with Gasteiger partial charge in [0, 0.05) is 17.8 Å². The summed E-state index contributed by atoms with van der Waals surface area (Å²) < 4.78 is 0. The number of nitrogens with zero attached hydrogens (tertiary/aromatic N) is 1. The van der Waals surface area contributed by atoms with Crippen molar-refractivity contribution in [2.75, 3.05) is 19.9 Å². The van der Waals surface area contributed by atoms with Gasteiger partial charge in [-0.05, 0) is 23.8 Å². The van der Waals surface area contributed by atoms with Crippen molar-refractivity contribution in [3.8, 4) is 0 Å². The molecule has 0 aliphatic heterocycles. The molecule has 0 aromatic heterocycles. The summed E-state index contributed by atoms with van der Waals surface area (Å²) in [6.07, 6.45) is 0. The second kappa shape index (κ2) is 4.46. The summed E-state index contributed by atoms with van der Waals surface area (Å²) in [5, 5.41) is 2.37. The van der Waals surface area contributed by atoms with Crippen LogP contribution in [0.25, 0.3) is 0 Å². The summed E-state index contributed by atoms with van der Waals surface area (Å²) in [5.74, 6) is 0. The Balaban J connectivity index is 2.81. The molecule has 0 unspecified atom stereocenters. The summed E-state index contributed by atoms with van der Waals surface area (Å²) in [4.78, 5) is 4.98. The molecule has 0 aliphatic rings. The van der Waals surface area contributed by atoms with E-state index in [9.17, 15) is 0 Å². The first-order valence-corrected chi connectivity index (χ1v) is 4.30. The molecule has 0 saturated heterocycles. The molecule has 0 radical (unpaired) electrons. The number of benzene rings is 1. The standard InChI is InChI=1S/C9H13ClN2O/c1-12(13-2)6-7-5-8(10)3-4-9(7)11/h3-5H,6,11H2,1-2H3. The normalized spacial score (nSPS) is 10.8. The molecule has 0 aliphatic carbocycles. The number of hydrogen-bond acceptors (Lipinski definition) is 3. The fraction of sp³-hybridized carbons (Fsp3) is 0.333. The molecule has 0 amide bonds. The van der Waals surface area contributed by atoms with Crippen LogP contribution in [0.15, 0.2) is 18.2 Å². The first-order valence-electron chi connectivity index (χ1n) is 3.92. The van der Waals surface area contributed by atoms with Crippen LogP contribution < -0.4 is 5.73 Å². The van der Waals surface area contributed by atoms with Gasteiger partial charge in [-0.1, -0.05) is 11.6 Å². The molecule has 4 heteroatoms. The Morgan fingerprint density at radius 1 is 1.54 bits per heavy atom. The lowest BCUT2D eigenvalue weighted by Crippen LogP contribution is -2.16. The molecule has 3 nitrogen and oxygen atoms in total. The van der Waals surface area contributed by atoms with E-state index >= 15 is 0 Å². The van der Waals surface area contributed by atoms with Gasteiger partial charge in [0.15, 0.2) is 0 Å². The molecule has 0 bridgehead atoms. The topological polar surface area (TPSA) is 38.5 Å². The minimum absolute atomic E-state index is 0.628. The van der Waals surface area contributed by atoms with E-state index in [0.29, 0.717) is 11.6 Å². The number of nitrogen functional groups attached to an aromatic ring is 1. The maximum Gasteiger partial charge on any atom is 0.0575 e. The van der Waals surface area contributed by atoms with E-state index in [1.165, 1.54) is 0 Å². The maximum atomic E-state index is 5.83. The number of hydrogen-bond donors (Lipinski definition) is 1. The van der Waals surface area contributed by atoms with Crippen LogP contribution in [0.3, 0.4) is 0 Å². The number of hydroxylamine groups is 2. The van der Waals surface area contributed by atoms with Gasteiger partial charge >= 0.3 is 0 Å². The van der Waals surface area contributed by atoms with Crippen molar-refractivity contribution in [2.24, 2.45) is 0 Å². The first-order chi connectivity index (χ1) is 6.13. The summed E-state index contributed by atoms with van der Waals surface area (Å²) in [7, 11) is 3.45. The third-order valence-corrected chi connectivity index (χ3v) is 2.04. The lowest BCUT2D eigenvalue weighted by Gasteiger charge is -2.14. The van der Waals surface area contributed by atoms with Gasteiger partial charge in [-0.2, -0.15) is 5.06 Å². The number of anilines is 1. The van der Waals surface area contributed by atoms with Gasteiger partial charge in [-0.15, -0.1) is 0 Å². The summed E-state index contributed by atoms with van der Waals surface area (Å²) in [6.45, 7) is 0.628. The Hall–Kier alpha value is -0.770. The van der Waals surface area contributed by atoms with Gasteiger partial charge in [0.2, 0.25) is 0 Å². The minimum atomic E-state index is 0.628. The molecule has 1 aromatic carbocycles. The number of nitrogens with two attached hydrogens (primary N) is 1. The molecule has 0 saturated carbocycles. The van der Waals surface area contributed by atoms with Crippen LogP contribution in [0.5, 0.6) is 0 Å². The van der Waals surface area contributed by atoms with E-state index in [4.69, 9.17) is 22.2 Å². The fourth-order valence-electron chi connectivity index (χ4n) is 1.02. The van der Waals surface area contributed by atoms with E-state index in [1.54, 1.807) is 24.3 Å². The monoisotopic (exact) mass is 200 g/mol. The van der Waals surface area contributed by atoms with Gasteiger partial charge < -0.3 is 10.6 Å². The largest absolute Gasteiger partial charge is 0.398 e. The van der Waals surface area contributed by atoms with E-state index in [1.807, 2.05) is 13.1 Å². The number of rotatable bonds is 3. The smallest absolute Gasteiger partial charge is 0.0575 e. The molecule has 13 heavy (non-hydrogen) atoms. The van der Waals surface area contributed by atoms with Crippen LogP contribution in [-0.2, 0) is 11.4 Å². The first kappa shape index (κ1) is 10.3. The van der Waals surface area contributed by atoms with Crippen molar-refractivity contribution in [1.82, 2.24) is 5.06 Å². The Kier molecular flexibility index (Phi) is 3.54. The van der Waals surface area contributed by atoms with E-state index in [-0.39, 0.29) is 0 Å². The third kappa shape index (κ3) is 2.88. The minimum Gasteiger partial charge on any atom is -0.398 e. The highest BCUT2D eigenvalue weighted by atomic mass is 35.5. The van der Waals surface area contributed by atoms with Crippen molar-refractivity contribution in [2.45, 2.75) is 6.54 Å². The summed E-state index contributed by atoms with van der Waals surface area (Å²) in [5.41, 5.74) is 7.45. The Morgan fingerprint density at radius 3 is 2.85 bits per heavy atom. The zero-order valence-electron chi connectivity index (χ0n) is 7.75. The SMILES string of the molecule is CON(C)Cc1cc(Cl)ccc1N. The molecule has 0 heterocycles. The van der Waals surface area contributed by atoms with E-state index in [2.05, 4.69) is 0 Å². The molecule has 0 atom stereocenters. The van der Waals surface area contributed by atoms with Gasteiger partial charge in [-0.3, -0.25) is 0 Å². The summed E-state index contributed by atoms with van der Waals surface area (Å²) >= 11 is 5.83. The average molecular weight is 201 g/mol. The maximum absolute atomic E-state index is 5.83. The zero-order valence-corrected chi connectivity index (χ0v) is 8.51. The van der Waals surface area contributed by atoms with Gasteiger partial charge in [0.1, 0.15) is 0 Å². The van der Waals surface area contributed by atoms with Crippen molar-refractivity contribution in [1.29, 1.82) is 0 Å². The fourth-order valence-corrected chi connectivity index (χ4v) is 1.21. The highest BCUT2D eigenvalue weighted by Gasteiger charge is 2.03. The lowest BCUT2D eigenvalue weighted by atomic mass is 10.2. The zero-order chi connectivity index (χ0) is 9.84. The van der Waals surface area contributed by atoms with Crippen molar-refractivity contribution in [3.05, 3.63) is 28.8 Å². The Labute approximate surface area is 83.0 Å². The van der Waals surface area contributed by atoms with Crippen molar-refractivity contribution in [3.63, 3.8) is 0 Å². The predicted octanol–water partition coefficient (Wildman–Crippen LogP) is 1.92. The van der Waals surface area contributed by atoms with Crippen molar-refractivity contribution >= 4 is 17.3 Å². The van der Waals surface area contributed by atoms with Gasteiger partial charge in [-0.25, -0.2) is 0 Å². The van der Waals surface area contributed by atoms with Crippen LogP contribution >= 0.6 is 11.6 Å². The molecule has 0 fully saturated rings. The van der Waals surface area contributed by atoms with Gasteiger partial charge in [0.25, 0.3) is 0 Å². The van der Waals surface area contributed by atoms with Crippen LogP contribution in [-0.4, -0.2) is 19.2 Å². The Bertz CT molecular complexity index is 291. The van der Waals surface area contributed by atoms with Crippen LogP contribution in [0.4, 0.5) is 5.69 Å². The van der Waals surface area contributed by atoms with Crippen molar-refractivity contribution < 1.29 is 4.84 Å². The second-order valence-electron chi connectivity index (χ2n) is 2.81. The molecule has 1 aromatic rings. The molecule has 72 valence electrons. The third-order valence-electron chi connectivity index (χ3n) is 1.81. The predicted molar refractivity (Wildman–Crippen MR) is 54.3 cm³/mol. The summed E-state index contributed by atoms with van der Waals surface area (Å²) in [6, 6.07) is 5.40. The molecule has 1 rings (SSSR count). The highest BCUT2D eigenvalue weighted by Crippen LogP contribution is 2.18. The second-order valence-corrected chi connectivity index (χ2v) is 3.25. The molecule has 0 spiro atoms. The lowest BCUT2D eigenvalue weighted by molar-refractivity contribution is -0.116. The van der Waals surface area contributed by atoms with E-state index in [0.717, 1.165) is 11.3 Å². The Morgan fingerprint density at radius 2 is 2.23 bits per heavy atom. The molecular weight excluding hydrogens is 188 g/mol. The number of halogens is 1. The van der Waals surface area contributed by atoms with Crippen LogP contribution in [0.2, 0.25) is 5.02 Å². The molecular formula is C9H13ClN2O. The van der Waals surface area contributed by atoms with Gasteiger partial charge in [0.05, 0.1) is 13.7 Å². The quantitative estimate of drug-likeness (QED) is 0.599. The average Bonchev–Trinajstić information content (AvgIpc) is 2.11. The van der Waals surface area contributed by atoms with E-state index < -0.39 is 0 Å². The van der Waals surface area contributed by atoms with Crippen LogP contribution in [0, 0.1) is 0 Å².